The van der Waals surface area contributed by atoms with Crippen molar-refractivity contribution in [3.8, 4) is 5.75 Å². The Morgan fingerprint density at radius 1 is 1.21 bits per heavy atom. The second-order valence-electron chi connectivity index (χ2n) is 8.63. The van der Waals surface area contributed by atoms with E-state index in [1.54, 1.807) is 0 Å². The standard InChI is InChI=1S/C22H32O2/c1-3-4-13-24-21-10-9-20-19-7-5-15-14-16(23)6-8-17(15)18(19)11-12-22(20,21)2/h6,8,14,18-21,23H,3-5,7,9-13H2,1-2H3/t18?,19?,20?,21-,22-/m0/s1. The van der Waals surface area contributed by atoms with Crippen molar-refractivity contribution in [2.45, 2.75) is 77.2 Å². The highest BCUT2D eigenvalue weighted by molar-refractivity contribution is 5.40. The van der Waals surface area contributed by atoms with Crippen molar-refractivity contribution in [3.05, 3.63) is 29.3 Å². The average molecular weight is 328 g/mol. The summed E-state index contributed by atoms with van der Waals surface area (Å²) in [5.74, 6) is 2.78. The number of ether oxygens (including phenoxy) is 1. The number of aryl methyl sites for hydroxylation is 1. The first-order valence-electron chi connectivity index (χ1n) is 10.1. The first kappa shape index (κ1) is 16.4. The molecule has 1 N–H and O–H groups in total. The Hall–Kier alpha value is -1.02. The van der Waals surface area contributed by atoms with Crippen molar-refractivity contribution in [2.75, 3.05) is 6.61 Å². The maximum Gasteiger partial charge on any atom is 0.115 e. The molecule has 1 aromatic carbocycles. The van der Waals surface area contributed by atoms with Crippen molar-refractivity contribution >= 4 is 0 Å². The van der Waals surface area contributed by atoms with E-state index in [0.29, 0.717) is 23.2 Å². The number of phenolic OH excluding ortho intramolecular Hbond substituents is 1. The van der Waals surface area contributed by atoms with Crippen molar-refractivity contribution in [2.24, 2.45) is 17.3 Å². The van der Waals surface area contributed by atoms with Crippen LogP contribution in [-0.4, -0.2) is 17.8 Å². The van der Waals surface area contributed by atoms with E-state index in [2.05, 4.69) is 19.9 Å². The fourth-order valence-corrected chi connectivity index (χ4v) is 6.16. The van der Waals surface area contributed by atoms with E-state index in [1.807, 2.05) is 12.1 Å². The predicted octanol–water partition coefficient (Wildman–Crippen LogP) is 5.43. The molecule has 2 nitrogen and oxygen atoms in total. The summed E-state index contributed by atoms with van der Waals surface area (Å²) >= 11 is 0. The molecular formula is C22H32O2. The predicted molar refractivity (Wildman–Crippen MR) is 97.4 cm³/mol. The summed E-state index contributed by atoms with van der Waals surface area (Å²) in [6.07, 6.45) is 10.5. The molecule has 5 atom stereocenters. The van der Waals surface area contributed by atoms with Gasteiger partial charge in [0.25, 0.3) is 0 Å². The average Bonchev–Trinajstić information content (AvgIpc) is 2.91. The van der Waals surface area contributed by atoms with Crippen LogP contribution >= 0.6 is 0 Å². The highest BCUT2D eigenvalue weighted by atomic mass is 16.5. The fourth-order valence-electron chi connectivity index (χ4n) is 6.16. The molecule has 2 saturated carbocycles. The SMILES string of the molecule is CCCCO[C@H]1CCC2C3CCc4cc(O)ccc4C3CC[C@@]21C. The maximum atomic E-state index is 9.80. The topological polar surface area (TPSA) is 29.5 Å². The lowest BCUT2D eigenvalue weighted by molar-refractivity contribution is -0.0644. The first-order valence-corrected chi connectivity index (χ1v) is 10.1. The summed E-state index contributed by atoms with van der Waals surface area (Å²) in [7, 11) is 0. The lowest BCUT2D eigenvalue weighted by atomic mass is 9.55. The van der Waals surface area contributed by atoms with Crippen LogP contribution in [-0.2, 0) is 11.2 Å². The van der Waals surface area contributed by atoms with Gasteiger partial charge in [-0.05, 0) is 91.4 Å². The minimum absolute atomic E-state index is 0.392. The number of aromatic hydroxyl groups is 1. The maximum absolute atomic E-state index is 9.80. The molecule has 1 aromatic rings. The zero-order chi connectivity index (χ0) is 16.7. The minimum atomic E-state index is 0.392. The summed E-state index contributed by atoms with van der Waals surface area (Å²) in [5, 5.41) is 9.80. The Morgan fingerprint density at radius 2 is 2.08 bits per heavy atom. The highest BCUT2D eigenvalue weighted by Gasteiger charge is 2.55. The van der Waals surface area contributed by atoms with Gasteiger partial charge in [-0.1, -0.05) is 26.3 Å². The van der Waals surface area contributed by atoms with Gasteiger partial charge < -0.3 is 9.84 Å². The third-order valence-electron chi connectivity index (χ3n) is 7.44. The molecule has 3 unspecified atom stereocenters. The van der Waals surface area contributed by atoms with E-state index in [-0.39, 0.29) is 0 Å². The molecule has 2 heteroatoms. The number of fused-ring (bicyclic) bond motifs is 5. The molecule has 3 aliphatic carbocycles. The summed E-state index contributed by atoms with van der Waals surface area (Å²) in [4.78, 5) is 0. The third-order valence-corrected chi connectivity index (χ3v) is 7.44. The van der Waals surface area contributed by atoms with Gasteiger partial charge in [0.2, 0.25) is 0 Å². The number of unbranched alkanes of at least 4 members (excludes halogenated alkanes) is 1. The van der Waals surface area contributed by atoms with Crippen molar-refractivity contribution in [1.82, 2.24) is 0 Å². The molecule has 4 rings (SSSR count). The van der Waals surface area contributed by atoms with E-state index in [4.69, 9.17) is 4.74 Å². The molecule has 0 amide bonds. The molecule has 2 fully saturated rings. The Kier molecular flexibility index (Phi) is 4.36. The summed E-state index contributed by atoms with van der Waals surface area (Å²) < 4.78 is 6.35. The van der Waals surface area contributed by atoms with Gasteiger partial charge in [-0.2, -0.15) is 0 Å². The summed E-state index contributed by atoms with van der Waals surface area (Å²) in [5.41, 5.74) is 3.32. The van der Waals surface area contributed by atoms with Gasteiger partial charge in [-0.15, -0.1) is 0 Å². The molecule has 3 aliphatic rings. The number of hydrogen-bond donors (Lipinski definition) is 1. The van der Waals surface area contributed by atoms with Crippen LogP contribution in [0.25, 0.3) is 0 Å². The van der Waals surface area contributed by atoms with Gasteiger partial charge in [0.15, 0.2) is 0 Å². The summed E-state index contributed by atoms with van der Waals surface area (Å²) in [6.45, 7) is 5.70. The van der Waals surface area contributed by atoms with E-state index < -0.39 is 0 Å². The second-order valence-corrected chi connectivity index (χ2v) is 8.63. The Labute approximate surface area is 146 Å². The Morgan fingerprint density at radius 3 is 2.92 bits per heavy atom. The van der Waals surface area contributed by atoms with Crippen LogP contribution < -0.4 is 0 Å². The molecule has 132 valence electrons. The van der Waals surface area contributed by atoms with Gasteiger partial charge in [-0.25, -0.2) is 0 Å². The third kappa shape index (κ3) is 2.58. The monoisotopic (exact) mass is 328 g/mol. The van der Waals surface area contributed by atoms with Gasteiger partial charge in [0, 0.05) is 6.61 Å². The zero-order valence-corrected chi connectivity index (χ0v) is 15.3. The lowest BCUT2D eigenvalue weighted by Gasteiger charge is -2.50. The van der Waals surface area contributed by atoms with Crippen LogP contribution in [0.15, 0.2) is 18.2 Å². The summed E-state index contributed by atoms with van der Waals surface area (Å²) in [6, 6.07) is 6.10. The van der Waals surface area contributed by atoms with E-state index in [1.165, 1.54) is 56.1 Å². The lowest BCUT2D eigenvalue weighted by Crippen LogP contribution is -2.44. The fraction of sp³-hybridized carbons (Fsp3) is 0.727. The molecule has 0 radical (unpaired) electrons. The highest BCUT2D eigenvalue weighted by Crippen LogP contribution is 2.61. The van der Waals surface area contributed by atoms with E-state index >= 15 is 0 Å². The molecule has 0 saturated heterocycles. The van der Waals surface area contributed by atoms with Crippen LogP contribution in [0.5, 0.6) is 5.75 Å². The number of phenols is 1. The molecule has 24 heavy (non-hydrogen) atoms. The molecule has 0 aliphatic heterocycles. The van der Waals surface area contributed by atoms with Crippen molar-refractivity contribution in [3.63, 3.8) is 0 Å². The van der Waals surface area contributed by atoms with Gasteiger partial charge in [0.1, 0.15) is 5.75 Å². The van der Waals surface area contributed by atoms with Crippen LogP contribution in [0.3, 0.4) is 0 Å². The molecule has 0 aromatic heterocycles. The largest absolute Gasteiger partial charge is 0.508 e. The Balaban J connectivity index is 1.54. The normalized spacial score (nSPS) is 37.6. The van der Waals surface area contributed by atoms with Gasteiger partial charge in [0.05, 0.1) is 6.10 Å². The van der Waals surface area contributed by atoms with Crippen LogP contribution in [0.4, 0.5) is 0 Å². The number of rotatable bonds is 4. The number of hydrogen-bond acceptors (Lipinski definition) is 2. The van der Waals surface area contributed by atoms with Gasteiger partial charge >= 0.3 is 0 Å². The minimum Gasteiger partial charge on any atom is -0.508 e. The Bertz CT molecular complexity index is 596. The molecule has 0 spiro atoms. The smallest absolute Gasteiger partial charge is 0.115 e. The zero-order valence-electron chi connectivity index (χ0n) is 15.3. The van der Waals surface area contributed by atoms with Gasteiger partial charge in [-0.3, -0.25) is 0 Å². The quantitative estimate of drug-likeness (QED) is 0.746. The van der Waals surface area contributed by atoms with Crippen LogP contribution in [0.1, 0.15) is 75.8 Å². The molecule has 0 bridgehead atoms. The first-order chi connectivity index (χ1) is 11.6. The molecule has 0 heterocycles. The molecular weight excluding hydrogens is 296 g/mol. The number of benzene rings is 1. The second kappa shape index (κ2) is 6.37. The van der Waals surface area contributed by atoms with Crippen LogP contribution in [0.2, 0.25) is 0 Å². The van der Waals surface area contributed by atoms with E-state index in [9.17, 15) is 5.11 Å². The van der Waals surface area contributed by atoms with E-state index in [0.717, 1.165) is 24.9 Å². The van der Waals surface area contributed by atoms with Crippen molar-refractivity contribution < 1.29 is 9.84 Å². The van der Waals surface area contributed by atoms with Crippen LogP contribution in [0, 0.1) is 17.3 Å². The van der Waals surface area contributed by atoms with Crippen molar-refractivity contribution in [1.29, 1.82) is 0 Å².